The molecule has 1 aliphatic heterocycles. The van der Waals surface area contributed by atoms with E-state index in [9.17, 15) is 4.79 Å². The summed E-state index contributed by atoms with van der Waals surface area (Å²) >= 11 is 0. The zero-order valence-electron chi connectivity index (χ0n) is 16.4. The molecule has 1 saturated heterocycles. The van der Waals surface area contributed by atoms with Crippen molar-refractivity contribution >= 4 is 18.3 Å². The molecule has 1 aromatic heterocycles. The highest BCUT2D eigenvalue weighted by Gasteiger charge is 2.27. The van der Waals surface area contributed by atoms with Crippen LogP contribution in [-0.4, -0.2) is 46.5 Å². The summed E-state index contributed by atoms with van der Waals surface area (Å²) < 4.78 is 2.07. The predicted molar refractivity (Wildman–Crippen MR) is 113 cm³/mol. The van der Waals surface area contributed by atoms with Crippen molar-refractivity contribution in [1.29, 1.82) is 0 Å². The van der Waals surface area contributed by atoms with Gasteiger partial charge in [-0.2, -0.15) is 0 Å². The molecule has 0 radical (unpaired) electrons. The van der Waals surface area contributed by atoms with Crippen molar-refractivity contribution in [3.8, 4) is 0 Å². The molecule has 4 rings (SSSR count). The van der Waals surface area contributed by atoms with Crippen LogP contribution in [0, 0.1) is 0 Å². The maximum Gasteiger partial charge on any atom is 0.221 e. The van der Waals surface area contributed by atoms with Crippen molar-refractivity contribution in [1.82, 2.24) is 25.1 Å². The molecule has 1 amide bonds. The number of aromatic nitrogens is 2. The van der Waals surface area contributed by atoms with E-state index in [1.165, 1.54) is 11.1 Å². The van der Waals surface area contributed by atoms with Crippen LogP contribution in [0.1, 0.15) is 48.3 Å². The number of fused-ring (bicyclic) bond motifs is 1. The van der Waals surface area contributed by atoms with Crippen LogP contribution in [0.3, 0.4) is 0 Å². The number of nitrogens with one attached hydrogen (secondary N) is 2. The first-order valence-electron chi connectivity index (χ1n) is 10.0. The summed E-state index contributed by atoms with van der Waals surface area (Å²) in [7, 11) is 2.03. The second-order valence-electron chi connectivity index (χ2n) is 7.61. The van der Waals surface area contributed by atoms with Gasteiger partial charge in [-0.1, -0.05) is 24.3 Å². The van der Waals surface area contributed by atoms with Crippen molar-refractivity contribution in [2.75, 3.05) is 26.2 Å². The lowest BCUT2D eigenvalue weighted by molar-refractivity contribution is -0.122. The molecule has 6 nitrogen and oxygen atoms in total. The van der Waals surface area contributed by atoms with Crippen LogP contribution in [0.25, 0.3) is 0 Å². The number of amides is 1. The Hall–Kier alpha value is -1.89. The van der Waals surface area contributed by atoms with E-state index in [1.54, 1.807) is 0 Å². The number of aryl methyl sites for hydroxylation is 2. The lowest BCUT2D eigenvalue weighted by atomic mass is 9.87. The first-order chi connectivity index (χ1) is 13.2. The minimum absolute atomic E-state index is 0. The van der Waals surface area contributed by atoms with Crippen LogP contribution in [0.15, 0.2) is 36.7 Å². The normalized spacial score (nSPS) is 22.2. The number of rotatable bonds is 5. The van der Waals surface area contributed by atoms with Crippen molar-refractivity contribution in [3.05, 3.63) is 53.6 Å². The van der Waals surface area contributed by atoms with Gasteiger partial charge in [-0.25, -0.2) is 4.98 Å². The Morgan fingerprint density at radius 3 is 3.04 bits per heavy atom. The number of hydrogen-bond acceptors (Lipinski definition) is 4. The molecular formula is C21H30ClN5O. The highest BCUT2D eigenvalue weighted by atomic mass is 35.5. The predicted octanol–water partition coefficient (Wildman–Crippen LogP) is 2.37. The molecule has 28 heavy (non-hydrogen) atoms. The smallest absolute Gasteiger partial charge is 0.221 e. The molecule has 1 fully saturated rings. The van der Waals surface area contributed by atoms with Crippen molar-refractivity contribution < 1.29 is 4.79 Å². The zero-order chi connectivity index (χ0) is 18.6. The summed E-state index contributed by atoms with van der Waals surface area (Å²) in [6.07, 6.45) is 7.65. The molecule has 1 aromatic carbocycles. The standard InChI is InChI=1S/C21H29N5O.ClH/c1-25-13-11-23-21(25)19-15-22-10-14-26(19)12-9-20(27)24-18-8-4-6-16-5-2-3-7-17(16)18;/h2-3,5,7,11,13,18-19,22H,4,6,8-10,12,14-15H2,1H3,(H,24,27);1H. The van der Waals surface area contributed by atoms with Gasteiger partial charge in [-0.3, -0.25) is 9.69 Å². The summed E-state index contributed by atoms with van der Waals surface area (Å²) in [5.74, 6) is 1.21. The van der Waals surface area contributed by atoms with Gasteiger partial charge in [0.25, 0.3) is 0 Å². The average molecular weight is 404 g/mol. The fraction of sp³-hybridized carbons (Fsp3) is 0.524. The van der Waals surface area contributed by atoms with Gasteiger partial charge in [-0.15, -0.1) is 12.4 Å². The second kappa shape index (κ2) is 9.54. The van der Waals surface area contributed by atoms with Crippen LogP contribution in [-0.2, 0) is 18.3 Å². The molecule has 2 atom stereocenters. The minimum Gasteiger partial charge on any atom is -0.349 e. The molecule has 2 aromatic rings. The summed E-state index contributed by atoms with van der Waals surface area (Å²) in [5, 5.41) is 6.72. The van der Waals surface area contributed by atoms with E-state index in [0.29, 0.717) is 6.42 Å². The molecule has 0 saturated carbocycles. The lowest BCUT2D eigenvalue weighted by Gasteiger charge is -2.35. The van der Waals surface area contributed by atoms with Crippen LogP contribution < -0.4 is 10.6 Å². The van der Waals surface area contributed by atoms with Crippen LogP contribution in [0.5, 0.6) is 0 Å². The fourth-order valence-corrected chi connectivity index (χ4v) is 4.38. The van der Waals surface area contributed by atoms with Crippen LogP contribution in [0.2, 0.25) is 0 Å². The van der Waals surface area contributed by atoms with Gasteiger partial charge in [0.15, 0.2) is 0 Å². The highest BCUT2D eigenvalue weighted by molar-refractivity contribution is 5.85. The van der Waals surface area contributed by atoms with E-state index in [2.05, 4.69) is 49.4 Å². The molecule has 7 heteroatoms. The second-order valence-corrected chi connectivity index (χ2v) is 7.61. The Morgan fingerprint density at radius 2 is 2.21 bits per heavy atom. The Kier molecular flexibility index (Phi) is 7.10. The largest absolute Gasteiger partial charge is 0.349 e. The van der Waals surface area contributed by atoms with E-state index < -0.39 is 0 Å². The molecule has 2 unspecified atom stereocenters. The number of imidazole rings is 1. The van der Waals surface area contributed by atoms with Gasteiger partial charge in [0, 0.05) is 52.0 Å². The summed E-state index contributed by atoms with van der Waals surface area (Å²) in [4.78, 5) is 19.5. The van der Waals surface area contributed by atoms with Gasteiger partial charge in [-0.05, 0) is 30.4 Å². The monoisotopic (exact) mass is 403 g/mol. The molecule has 0 bridgehead atoms. The Labute approximate surface area is 173 Å². The summed E-state index contributed by atoms with van der Waals surface area (Å²) in [5.41, 5.74) is 2.68. The fourth-order valence-electron chi connectivity index (χ4n) is 4.38. The first kappa shape index (κ1) is 20.8. The minimum atomic E-state index is 0. The molecule has 2 aliphatic rings. The Morgan fingerprint density at radius 1 is 1.36 bits per heavy atom. The number of hydrogen-bond donors (Lipinski definition) is 2. The SMILES string of the molecule is Cl.Cn1ccnc1C1CNCCN1CCC(=O)NC1CCCc2ccccc21. The summed E-state index contributed by atoms with van der Waals surface area (Å²) in [6.45, 7) is 3.54. The summed E-state index contributed by atoms with van der Waals surface area (Å²) in [6, 6.07) is 8.89. The van der Waals surface area contributed by atoms with Crippen LogP contribution in [0.4, 0.5) is 0 Å². The third-order valence-electron chi connectivity index (χ3n) is 5.84. The maximum atomic E-state index is 12.6. The number of nitrogens with zero attached hydrogens (tertiary/aromatic N) is 3. The maximum absolute atomic E-state index is 12.6. The number of carbonyl (C=O) groups is 1. The van der Waals surface area contributed by atoms with Gasteiger partial charge in [0.2, 0.25) is 5.91 Å². The van der Waals surface area contributed by atoms with E-state index in [4.69, 9.17) is 0 Å². The third-order valence-corrected chi connectivity index (χ3v) is 5.84. The number of halogens is 1. The Balaban J connectivity index is 0.00000225. The topological polar surface area (TPSA) is 62.2 Å². The molecule has 152 valence electrons. The van der Waals surface area contributed by atoms with E-state index >= 15 is 0 Å². The van der Waals surface area contributed by atoms with E-state index in [1.807, 2.05) is 19.4 Å². The molecule has 0 spiro atoms. The highest BCUT2D eigenvalue weighted by Crippen LogP contribution is 2.29. The number of benzene rings is 1. The third kappa shape index (κ3) is 4.57. The van der Waals surface area contributed by atoms with E-state index in [-0.39, 0.29) is 30.4 Å². The number of piperazine rings is 1. The molecule has 1 aliphatic carbocycles. The Bertz CT molecular complexity index is 793. The van der Waals surface area contributed by atoms with Gasteiger partial charge < -0.3 is 15.2 Å². The quantitative estimate of drug-likeness (QED) is 0.804. The van der Waals surface area contributed by atoms with Gasteiger partial charge in [0.1, 0.15) is 5.82 Å². The number of carbonyl (C=O) groups excluding carboxylic acids is 1. The molecular weight excluding hydrogens is 374 g/mol. The van der Waals surface area contributed by atoms with Crippen molar-refractivity contribution in [2.45, 2.75) is 37.8 Å². The average Bonchev–Trinajstić information content (AvgIpc) is 3.13. The molecule has 2 heterocycles. The van der Waals surface area contributed by atoms with E-state index in [0.717, 1.165) is 51.3 Å². The van der Waals surface area contributed by atoms with Crippen LogP contribution >= 0.6 is 12.4 Å². The zero-order valence-corrected chi connectivity index (χ0v) is 17.3. The lowest BCUT2D eigenvalue weighted by Crippen LogP contribution is -2.47. The van der Waals surface area contributed by atoms with Crippen molar-refractivity contribution in [3.63, 3.8) is 0 Å². The van der Waals surface area contributed by atoms with Gasteiger partial charge >= 0.3 is 0 Å². The van der Waals surface area contributed by atoms with Gasteiger partial charge in [0.05, 0.1) is 12.1 Å². The molecule has 2 N–H and O–H groups in total. The van der Waals surface area contributed by atoms with Crippen molar-refractivity contribution in [2.24, 2.45) is 7.05 Å². The first-order valence-corrected chi connectivity index (χ1v) is 10.0.